The summed E-state index contributed by atoms with van der Waals surface area (Å²) in [5.74, 6) is 0.146. The van der Waals surface area contributed by atoms with Crippen LogP contribution < -0.4 is 5.32 Å². The van der Waals surface area contributed by atoms with Crippen LogP contribution in [0, 0.1) is 0 Å². The van der Waals surface area contributed by atoms with Gasteiger partial charge in [0.05, 0.1) is 24.1 Å². The predicted molar refractivity (Wildman–Crippen MR) is 172 cm³/mol. The van der Waals surface area contributed by atoms with Crippen LogP contribution in [0.1, 0.15) is 99.8 Å². The summed E-state index contributed by atoms with van der Waals surface area (Å²) in [6.07, 6.45) is 10.3. The molecule has 3 aromatic heterocycles. The van der Waals surface area contributed by atoms with E-state index in [1.54, 1.807) is 10.9 Å². The summed E-state index contributed by atoms with van der Waals surface area (Å²) in [4.78, 5) is 33.1. The van der Waals surface area contributed by atoms with Crippen molar-refractivity contribution in [1.29, 1.82) is 0 Å². The number of ketones is 1. The zero-order chi connectivity index (χ0) is 30.8. The van der Waals surface area contributed by atoms with Crippen molar-refractivity contribution in [3.05, 3.63) is 65.6 Å². The van der Waals surface area contributed by atoms with E-state index < -0.39 is 0 Å². The molecule has 230 valence electrons. The monoisotopic (exact) mass is 585 g/mol. The molecule has 4 aromatic rings. The smallest absolute Gasteiger partial charge is 0.220 e. The third kappa shape index (κ3) is 9.07. The third-order valence-corrected chi connectivity index (χ3v) is 7.72. The van der Waals surface area contributed by atoms with Crippen LogP contribution in [0.15, 0.2) is 48.8 Å². The molecule has 0 aliphatic carbocycles. The first kappa shape index (κ1) is 32.1. The van der Waals surface area contributed by atoms with Crippen LogP contribution in [0.3, 0.4) is 0 Å². The largest absolute Gasteiger partial charge is 0.350 e. The van der Waals surface area contributed by atoms with Gasteiger partial charge in [0.15, 0.2) is 11.4 Å². The molecular formula is C34H47N7O2. The molecule has 0 aliphatic rings. The quantitative estimate of drug-likeness (QED) is 0.112. The van der Waals surface area contributed by atoms with Crippen molar-refractivity contribution in [2.75, 3.05) is 13.6 Å². The first-order valence-electron chi connectivity index (χ1n) is 15.7. The Bertz CT molecular complexity index is 1500. The summed E-state index contributed by atoms with van der Waals surface area (Å²) in [5.41, 5.74) is 5.32. The van der Waals surface area contributed by atoms with Gasteiger partial charge in [-0.25, -0.2) is 9.67 Å². The van der Waals surface area contributed by atoms with Gasteiger partial charge in [-0.1, -0.05) is 44.4 Å². The minimum absolute atomic E-state index is 0.0345. The summed E-state index contributed by atoms with van der Waals surface area (Å²) >= 11 is 0. The van der Waals surface area contributed by atoms with Crippen molar-refractivity contribution in [3.8, 4) is 11.3 Å². The average molecular weight is 586 g/mol. The molecule has 1 aromatic carbocycles. The molecular weight excluding hydrogens is 538 g/mol. The molecule has 0 saturated carbocycles. The molecule has 0 bridgehead atoms. The van der Waals surface area contributed by atoms with E-state index in [9.17, 15) is 9.59 Å². The van der Waals surface area contributed by atoms with Crippen LogP contribution >= 0.6 is 0 Å². The number of hydrogen-bond donors (Lipinski definition) is 1. The van der Waals surface area contributed by atoms with E-state index in [1.165, 1.54) is 18.4 Å². The molecule has 0 fully saturated rings. The number of nitrogens with one attached hydrogen (secondary N) is 1. The number of pyridine rings is 1. The molecule has 3 heterocycles. The van der Waals surface area contributed by atoms with Gasteiger partial charge in [0, 0.05) is 55.2 Å². The number of amides is 1. The second-order valence-electron chi connectivity index (χ2n) is 11.9. The van der Waals surface area contributed by atoms with Gasteiger partial charge >= 0.3 is 0 Å². The minimum atomic E-state index is 0.0345. The summed E-state index contributed by atoms with van der Waals surface area (Å²) in [7, 11) is 4.02. The highest BCUT2D eigenvalue weighted by molar-refractivity contribution is 6.07. The topological polar surface area (TPSA) is 97.9 Å². The van der Waals surface area contributed by atoms with Gasteiger partial charge in [-0.05, 0) is 70.5 Å². The molecule has 0 spiro atoms. The molecule has 0 atom stereocenters. The van der Waals surface area contributed by atoms with Crippen LogP contribution in [0.25, 0.3) is 22.3 Å². The van der Waals surface area contributed by atoms with Crippen molar-refractivity contribution in [3.63, 3.8) is 0 Å². The van der Waals surface area contributed by atoms with Crippen LogP contribution in [-0.2, 0) is 24.9 Å². The van der Waals surface area contributed by atoms with Gasteiger partial charge < -0.3 is 10.2 Å². The van der Waals surface area contributed by atoms with Crippen molar-refractivity contribution in [1.82, 2.24) is 34.8 Å². The zero-order valence-corrected chi connectivity index (χ0v) is 26.5. The molecule has 9 heteroatoms. The molecule has 0 saturated heterocycles. The highest BCUT2D eigenvalue weighted by Crippen LogP contribution is 2.28. The average Bonchev–Trinajstić information content (AvgIpc) is 3.62. The Balaban J connectivity index is 1.38. The Morgan fingerprint density at radius 1 is 1.02 bits per heavy atom. The van der Waals surface area contributed by atoms with Crippen molar-refractivity contribution >= 4 is 22.7 Å². The number of benzene rings is 1. The Hall–Kier alpha value is -3.85. The van der Waals surface area contributed by atoms with Crippen molar-refractivity contribution in [2.24, 2.45) is 7.05 Å². The van der Waals surface area contributed by atoms with E-state index >= 15 is 0 Å². The maximum atomic E-state index is 13.6. The van der Waals surface area contributed by atoms with Crippen LogP contribution in [0.2, 0.25) is 0 Å². The van der Waals surface area contributed by atoms with E-state index in [-0.39, 0.29) is 17.7 Å². The van der Waals surface area contributed by atoms with Gasteiger partial charge in [0.1, 0.15) is 0 Å². The number of aryl methyl sites for hydroxylation is 1. The van der Waals surface area contributed by atoms with Gasteiger partial charge in [-0.15, -0.1) is 0 Å². The summed E-state index contributed by atoms with van der Waals surface area (Å²) < 4.78 is 3.63. The number of aromatic nitrogens is 5. The lowest BCUT2D eigenvalue weighted by atomic mass is 9.99. The number of carbonyl (C=O) groups is 2. The number of hydrogen-bond acceptors (Lipinski definition) is 6. The van der Waals surface area contributed by atoms with Crippen molar-refractivity contribution in [2.45, 2.75) is 91.3 Å². The second kappa shape index (κ2) is 15.6. The molecule has 0 unspecified atom stereocenters. The van der Waals surface area contributed by atoms with Crippen molar-refractivity contribution < 1.29 is 9.59 Å². The lowest BCUT2D eigenvalue weighted by Gasteiger charge is -2.17. The van der Waals surface area contributed by atoms with Gasteiger partial charge in [-0.2, -0.15) is 10.2 Å². The molecule has 1 N–H and O–H groups in total. The highest BCUT2D eigenvalue weighted by Gasteiger charge is 2.19. The number of unbranched alkanes of at least 4 members (excludes halogenated alkanes) is 4. The molecule has 0 aliphatic heterocycles. The Morgan fingerprint density at radius 3 is 2.53 bits per heavy atom. The molecule has 9 nitrogen and oxygen atoms in total. The number of carbonyl (C=O) groups excluding carboxylic acids is 2. The van der Waals surface area contributed by atoms with E-state index in [0.29, 0.717) is 24.9 Å². The number of rotatable bonds is 17. The minimum Gasteiger partial charge on any atom is -0.350 e. The highest BCUT2D eigenvalue weighted by atomic mass is 16.1. The molecule has 0 radical (unpaired) electrons. The summed E-state index contributed by atoms with van der Waals surface area (Å²) in [6.45, 7) is 8.75. The number of Topliss-reactive ketones (excluding diaryl/α,β-unsaturated/α-hetero) is 1. The van der Waals surface area contributed by atoms with Gasteiger partial charge in [0.25, 0.3) is 0 Å². The molecule has 43 heavy (non-hydrogen) atoms. The lowest BCUT2D eigenvalue weighted by molar-refractivity contribution is -0.121. The Morgan fingerprint density at radius 2 is 1.81 bits per heavy atom. The fraction of sp³-hybridized carbons (Fsp3) is 0.500. The normalized spacial score (nSPS) is 11.6. The third-order valence-electron chi connectivity index (χ3n) is 7.72. The predicted octanol–water partition coefficient (Wildman–Crippen LogP) is 6.48. The SMILES string of the molecule is CCCCN(C)Cc1cccc(-c2cc(C(=O)CCCCCCC(=O)NCc3ccn(C)n3)c3cnn(C(C)C)c3n2)c1. The fourth-order valence-corrected chi connectivity index (χ4v) is 5.32. The zero-order valence-electron chi connectivity index (χ0n) is 26.5. The summed E-state index contributed by atoms with van der Waals surface area (Å²) in [6, 6.07) is 12.5. The maximum absolute atomic E-state index is 13.6. The standard InChI is InChI=1S/C34H47N7O2/c1-6-7-18-39(4)24-26-13-12-14-27(20-26)31-21-29(30-23-36-41(25(2)3)34(30)37-31)32(42)15-10-8-9-11-16-33(43)35-22-28-17-19-40(5)38-28/h12-14,17,19-21,23,25H,6-11,15-16,18,22,24H2,1-5H3,(H,35,43). The first-order valence-corrected chi connectivity index (χ1v) is 15.7. The maximum Gasteiger partial charge on any atom is 0.220 e. The summed E-state index contributed by atoms with van der Waals surface area (Å²) in [5, 5.41) is 12.6. The molecule has 1 amide bonds. The van der Waals surface area contributed by atoms with Crippen LogP contribution in [-0.4, -0.2) is 54.7 Å². The lowest BCUT2D eigenvalue weighted by Crippen LogP contribution is -2.22. The number of fused-ring (bicyclic) bond motifs is 1. The fourth-order valence-electron chi connectivity index (χ4n) is 5.32. The van der Waals surface area contributed by atoms with Crippen LogP contribution in [0.4, 0.5) is 0 Å². The van der Waals surface area contributed by atoms with Crippen LogP contribution in [0.5, 0.6) is 0 Å². The Labute approximate surface area is 255 Å². The second-order valence-corrected chi connectivity index (χ2v) is 11.9. The van der Waals surface area contributed by atoms with E-state index in [0.717, 1.165) is 66.8 Å². The van der Waals surface area contributed by atoms with E-state index in [1.807, 2.05) is 30.1 Å². The molecule has 4 rings (SSSR count). The van der Waals surface area contributed by atoms with E-state index in [4.69, 9.17) is 4.98 Å². The Kier molecular flexibility index (Phi) is 11.6. The van der Waals surface area contributed by atoms with E-state index in [2.05, 4.69) is 72.5 Å². The van der Waals surface area contributed by atoms with Gasteiger partial charge in [-0.3, -0.25) is 14.3 Å². The van der Waals surface area contributed by atoms with Gasteiger partial charge in [0.2, 0.25) is 5.91 Å². The number of nitrogens with zero attached hydrogens (tertiary/aromatic N) is 6. The first-order chi connectivity index (χ1) is 20.7.